The summed E-state index contributed by atoms with van der Waals surface area (Å²) in [6, 6.07) is 0.510. The summed E-state index contributed by atoms with van der Waals surface area (Å²) in [4.78, 5) is 13.1. The molecular weight excluding hydrogens is 166 g/mol. The van der Waals surface area contributed by atoms with E-state index in [4.69, 9.17) is 5.11 Å². The van der Waals surface area contributed by atoms with Gasteiger partial charge in [-0.3, -0.25) is 4.79 Å². The average molecular weight is 185 g/mol. The lowest BCUT2D eigenvalue weighted by Gasteiger charge is -2.25. The summed E-state index contributed by atoms with van der Waals surface area (Å²) in [5.74, 6) is -0.708. The van der Waals surface area contributed by atoms with Gasteiger partial charge in [0.1, 0.15) is 0 Å². The third-order valence-corrected chi connectivity index (χ3v) is 3.08. The van der Waals surface area contributed by atoms with Crippen molar-refractivity contribution in [3.05, 3.63) is 0 Å². The predicted octanol–water partition coefficient (Wildman–Crippen LogP) is 1.58. The predicted molar refractivity (Wildman–Crippen MR) is 51.7 cm³/mol. The Morgan fingerprint density at radius 3 is 2.38 bits per heavy atom. The van der Waals surface area contributed by atoms with Gasteiger partial charge < -0.3 is 10.0 Å². The Balaban J connectivity index is 2.43. The Labute approximate surface area is 79.7 Å². The molecule has 1 saturated carbocycles. The second-order valence-electron chi connectivity index (χ2n) is 3.72. The second-order valence-corrected chi connectivity index (χ2v) is 3.72. The molecule has 0 aliphatic heterocycles. The van der Waals surface area contributed by atoms with Crippen LogP contribution in [0.3, 0.4) is 0 Å². The van der Waals surface area contributed by atoms with Crippen LogP contribution in [0, 0.1) is 5.92 Å². The molecule has 3 heteroatoms. The highest BCUT2D eigenvalue weighted by Gasteiger charge is 2.31. The minimum atomic E-state index is -0.616. The highest BCUT2D eigenvalue weighted by Crippen LogP contribution is 2.29. The summed E-state index contributed by atoms with van der Waals surface area (Å²) < 4.78 is 0. The first-order valence-corrected chi connectivity index (χ1v) is 5.15. The highest BCUT2D eigenvalue weighted by molar-refractivity contribution is 5.70. The van der Waals surface area contributed by atoms with Crippen LogP contribution in [0.15, 0.2) is 0 Å². The molecule has 1 fully saturated rings. The first kappa shape index (κ1) is 10.5. The average Bonchev–Trinajstić information content (AvgIpc) is 2.56. The molecule has 1 rings (SSSR count). The minimum absolute atomic E-state index is 0.0920. The van der Waals surface area contributed by atoms with Gasteiger partial charge in [0.15, 0.2) is 0 Å². The van der Waals surface area contributed by atoms with Crippen LogP contribution in [0.2, 0.25) is 0 Å². The molecule has 1 N–H and O–H groups in total. The number of carbonyl (C=O) groups is 1. The molecule has 13 heavy (non-hydrogen) atoms. The Kier molecular flexibility index (Phi) is 3.72. The Morgan fingerprint density at radius 2 is 2.00 bits per heavy atom. The summed E-state index contributed by atoms with van der Waals surface area (Å²) in [5, 5.41) is 8.84. The molecule has 0 bridgehead atoms. The summed E-state index contributed by atoms with van der Waals surface area (Å²) in [6.45, 7) is 6.34. The van der Waals surface area contributed by atoms with Crippen molar-refractivity contribution in [3.63, 3.8) is 0 Å². The van der Waals surface area contributed by atoms with Crippen LogP contribution in [-0.4, -0.2) is 35.1 Å². The lowest BCUT2D eigenvalue weighted by molar-refractivity contribution is -0.141. The number of aliphatic carboxylic acids is 1. The van der Waals surface area contributed by atoms with Gasteiger partial charge in [-0.05, 0) is 32.4 Å². The number of hydrogen-bond acceptors (Lipinski definition) is 2. The van der Waals surface area contributed by atoms with E-state index >= 15 is 0 Å². The molecule has 76 valence electrons. The maximum atomic E-state index is 10.7. The number of nitrogens with zero attached hydrogens (tertiary/aromatic N) is 1. The van der Waals surface area contributed by atoms with Crippen molar-refractivity contribution in [2.45, 2.75) is 39.2 Å². The van der Waals surface area contributed by atoms with E-state index in [1.165, 1.54) is 0 Å². The lowest BCUT2D eigenvalue weighted by atomic mass is 10.1. The molecular formula is C10H19NO2. The van der Waals surface area contributed by atoms with Gasteiger partial charge in [-0.15, -0.1) is 0 Å². The van der Waals surface area contributed by atoms with E-state index in [1.807, 2.05) is 0 Å². The summed E-state index contributed by atoms with van der Waals surface area (Å²) >= 11 is 0. The van der Waals surface area contributed by atoms with Gasteiger partial charge >= 0.3 is 5.97 Å². The van der Waals surface area contributed by atoms with Crippen LogP contribution < -0.4 is 0 Å². The smallest absolute Gasteiger partial charge is 0.306 e. The zero-order valence-electron chi connectivity index (χ0n) is 8.49. The van der Waals surface area contributed by atoms with E-state index < -0.39 is 5.97 Å². The fourth-order valence-electron chi connectivity index (χ4n) is 2.25. The molecule has 1 aliphatic rings. The van der Waals surface area contributed by atoms with E-state index in [1.54, 1.807) is 0 Å². The van der Waals surface area contributed by atoms with Gasteiger partial charge in [-0.25, -0.2) is 0 Å². The normalized spacial score (nSPS) is 28.2. The van der Waals surface area contributed by atoms with Gasteiger partial charge in [-0.2, -0.15) is 0 Å². The third-order valence-electron chi connectivity index (χ3n) is 3.08. The molecule has 0 spiro atoms. The fraction of sp³-hybridized carbons (Fsp3) is 0.900. The topological polar surface area (TPSA) is 40.5 Å². The molecule has 2 atom stereocenters. The number of carboxylic acids is 1. The summed E-state index contributed by atoms with van der Waals surface area (Å²) in [5.41, 5.74) is 0. The minimum Gasteiger partial charge on any atom is -0.481 e. The first-order chi connectivity index (χ1) is 6.19. The van der Waals surface area contributed by atoms with E-state index in [-0.39, 0.29) is 5.92 Å². The molecule has 0 aromatic carbocycles. The molecule has 0 aromatic rings. The number of hydrogen-bond donors (Lipinski definition) is 1. The molecule has 0 radical (unpaired) electrons. The van der Waals surface area contributed by atoms with Crippen LogP contribution in [0.1, 0.15) is 33.1 Å². The van der Waals surface area contributed by atoms with E-state index in [2.05, 4.69) is 18.7 Å². The van der Waals surface area contributed by atoms with Crippen LogP contribution in [0.4, 0.5) is 0 Å². The SMILES string of the molecule is CCN(CC)[C@H]1CC[C@@H](C(=O)O)C1. The Hall–Kier alpha value is -0.570. The molecule has 0 amide bonds. The van der Waals surface area contributed by atoms with Gasteiger partial charge in [0, 0.05) is 6.04 Å². The Morgan fingerprint density at radius 1 is 1.38 bits per heavy atom. The van der Waals surface area contributed by atoms with Gasteiger partial charge in [-0.1, -0.05) is 13.8 Å². The molecule has 0 heterocycles. The monoisotopic (exact) mass is 185 g/mol. The third kappa shape index (κ3) is 2.44. The maximum absolute atomic E-state index is 10.7. The van der Waals surface area contributed by atoms with Crippen molar-refractivity contribution in [1.82, 2.24) is 4.90 Å². The van der Waals surface area contributed by atoms with Crippen LogP contribution in [-0.2, 0) is 4.79 Å². The van der Waals surface area contributed by atoms with Crippen molar-refractivity contribution in [3.8, 4) is 0 Å². The number of carboxylic acid groups (broad SMARTS) is 1. The standard InChI is InChI=1S/C10H19NO2/c1-3-11(4-2)9-6-5-8(7-9)10(12)13/h8-9H,3-7H2,1-2H3,(H,12,13)/t8-,9+/m1/s1. The largest absolute Gasteiger partial charge is 0.481 e. The zero-order chi connectivity index (χ0) is 9.84. The first-order valence-electron chi connectivity index (χ1n) is 5.15. The van der Waals surface area contributed by atoms with Crippen LogP contribution >= 0.6 is 0 Å². The molecule has 0 aromatic heterocycles. The maximum Gasteiger partial charge on any atom is 0.306 e. The molecule has 1 aliphatic carbocycles. The van der Waals surface area contributed by atoms with Crippen molar-refractivity contribution in [1.29, 1.82) is 0 Å². The van der Waals surface area contributed by atoms with Crippen molar-refractivity contribution < 1.29 is 9.90 Å². The second kappa shape index (κ2) is 4.61. The fourth-order valence-corrected chi connectivity index (χ4v) is 2.25. The van der Waals surface area contributed by atoms with Gasteiger partial charge in [0.25, 0.3) is 0 Å². The lowest BCUT2D eigenvalue weighted by Crippen LogP contribution is -2.33. The van der Waals surface area contributed by atoms with E-state index in [9.17, 15) is 4.79 Å². The van der Waals surface area contributed by atoms with Crippen molar-refractivity contribution >= 4 is 5.97 Å². The Bertz CT molecular complexity index is 178. The van der Waals surface area contributed by atoms with Crippen LogP contribution in [0.5, 0.6) is 0 Å². The molecule has 0 saturated heterocycles. The highest BCUT2D eigenvalue weighted by atomic mass is 16.4. The van der Waals surface area contributed by atoms with Gasteiger partial charge in [0.05, 0.1) is 5.92 Å². The van der Waals surface area contributed by atoms with Crippen molar-refractivity contribution in [2.75, 3.05) is 13.1 Å². The summed E-state index contributed by atoms with van der Waals surface area (Å²) in [7, 11) is 0. The van der Waals surface area contributed by atoms with E-state index in [0.29, 0.717) is 6.04 Å². The number of rotatable bonds is 4. The molecule has 0 unspecified atom stereocenters. The molecule has 3 nitrogen and oxygen atoms in total. The van der Waals surface area contributed by atoms with E-state index in [0.717, 1.165) is 32.4 Å². The zero-order valence-corrected chi connectivity index (χ0v) is 8.49. The van der Waals surface area contributed by atoms with Crippen molar-refractivity contribution in [2.24, 2.45) is 5.92 Å². The quantitative estimate of drug-likeness (QED) is 0.723. The summed E-state index contributed by atoms with van der Waals surface area (Å²) in [6.07, 6.45) is 2.76. The van der Waals surface area contributed by atoms with Crippen LogP contribution in [0.25, 0.3) is 0 Å². The van der Waals surface area contributed by atoms with Gasteiger partial charge in [0.2, 0.25) is 0 Å².